The molecule has 0 aliphatic carbocycles. The number of hydrogen-bond acceptors (Lipinski definition) is 4. The van der Waals surface area contributed by atoms with Crippen LogP contribution in [0.15, 0.2) is 27.6 Å². The molecule has 0 unspecified atom stereocenters. The van der Waals surface area contributed by atoms with Gasteiger partial charge in [-0.25, -0.2) is 8.42 Å². The summed E-state index contributed by atoms with van der Waals surface area (Å²) < 4.78 is 67.8. The maximum atomic E-state index is 12.6. The highest BCUT2D eigenvalue weighted by Gasteiger charge is 2.35. The van der Waals surface area contributed by atoms with Gasteiger partial charge in [0.1, 0.15) is 4.90 Å². The SMILES string of the molecule is CCCN(CCC#N)S(=O)(=O)c1ccc(Br)cc1OC(F)(F)F. The Morgan fingerprint density at radius 1 is 1.35 bits per heavy atom. The molecule has 128 valence electrons. The molecule has 0 radical (unpaired) electrons. The van der Waals surface area contributed by atoms with Crippen LogP contribution in [0.3, 0.4) is 0 Å². The van der Waals surface area contributed by atoms with Gasteiger partial charge in [0.2, 0.25) is 10.0 Å². The van der Waals surface area contributed by atoms with Gasteiger partial charge in [-0.05, 0) is 24.6 Å². The second-order valence-electron chi connectivity index (χ2n) is 4.45. The summed E-state index contributed by atoms with van der Waals surface area (Å²) in [6.07, 6.45) is -4.63. The van der Waals surface area contributed by atoms with Crippen LogP contribution in [-0.4, -0.2) is 32.2 Å². The number of halogens is 4. The highest BCUT2D eigenvalue weighted by atomic mass is 79.9. The maximum Gasteiger partial charge on any atom is 0.573 e. The van der Waals surface area contributed by atoms with Gasteiger partial charge in [-0.15, -0.1) is 13.2 Å². The summed E-state index contributed by atoms with van der Waals surface area (Å²) in [6.45, 7) is 1.71. The third kappa shape index (κ3) is 5.67. The molecule has 0 aliphatic rings. The monoisotopic (exact) mass is 414 g/mol. The Balaban J connectivity index is 3.33. The molecule has 0 atom stereocenters. The molecule has 0 N–H and O–H groups in total. The van der Waals surface area contributed by atoms with Gasteiger partial charge in [0.05, 0.1) is 6.07 Å². The maximum absolute atomic E-state index is 12.6. The summed E-state index contributed by atoms with van der Waals surface area (Å²) in [6, 6.07) is 5.10. The van der Waals surface area contributed by atoms with Crippen molar-refractivity contribution in [1.29, 1.82) is 5.26 Å². The zero-order valence-electron chi connectivity index (χ0n) is 12.1. The first-order valence-corrected chi connectivity index (χ1v) is 8.77. The fourth-order valence-corrected chi connectivity index (χ4v) is 3.78. The average molecular weight is 415 g/mol. The van der Waals surface area contributed by atoms with Crippen molar-refractivity contribution in [2.75, 3.05) is 13.1 Å². The summed E-state index contributed by atoms with van der Waals surface area (Å²) in [5, 5.41) is 8.61. The average Bonchev–Trinajstić information content (AvgIpc) is 2.41. The van der Waals surface area contributed by atoms with Crippen LogP contribution in [0.4, 0.5) is 13.2 Å². The van der Waals surface area contributed by atoms with Crippen LogP contribution < -0.4 is 4.74 Å². The lowest BCUT2D eigenvalue weighted by Crippen LogP contribution is -2.33. The van der Waals surface area contributed by atoms with E-state index in [1.807, 2.05) is 6.07 Å². The highest BCUT2D eigenvalue weighted by Crippen LogP contribution is 2.34. The molecule has 0 spiro atoms. The fourth-order valence-electron chi connectivity index (χ4n) is 1.81. The lowest BCUT2D eigenvalue weighted by Gasteiger charge is -2.22. The summed E-state index contributed by atoms with van der Waals surface area (Å²) in [4.78, 5) is -0.593. The van der Waals surface area contributed by atoms with Crippen LogP contribution in [0, 0.1) is 11.3 Å². The van der Waals surface area contributed by atoms with Crippen LogP contribution in [0.5, 0.6) is 5.75 Å². The zero-order chi connectivity index (χ0) is 17.7. The first-order valence-electron chi connectivity index (χ1n) is 6.54. The standard InChI is InChI=1S/C13H14BrF3N2O3S/c1-2-7-19(8-3-6-18)23(20,21)12-5-4-10(14)9-11(12)22-13(15,16)17/h4-5,9H,2-3,7-8H2,1H3. The minimum atomic E-state index is -5.02. The predicted molar refractivity (Wildman–Crippen MR) is 80.1 cm³/mol. The number of nitriles is 1. The minimum absolute atomic E-state index is 0.0643. The lowest BCUT2D eigenvalue weighted by molar-refractivity contribution is -0.275. The van der Waals surface area contributed by atoms with Crippen LogP contribution in [0.25, 0.3) is 0 Å². The Labute approximate surface area is 140 Å². The van der Waals surface area contributed by atoms with Crippen molar-refractivity contribution < 1.29 is 26.3 Å². The second kappa shape index (κ2) is 7.99. The highest BCUT2D eigenvalue weighted by molar-refractivity contribution is 9.10. The van der Waals surface area contributed by atoms with Crippen molar-refractivity contribution >= 4 is 26.0 Å². The predicted octanol–water partition coefficient (Wildman–Crippen LogP) is 3.66. The number of nitrogens with zero attached hydrogens (tertiary/aromatic N) is 2. The molecule has 1 rings (SSSR count). The molecule has 23 heavy (non-hydrogen) atoms. The zero-order valence-corrected chi connectivity index (χ0v) is 14.5. The molecular weight excluding hydrogens is 401 g/mol. The van der Waals surface area contributed by atoms with Crippen LogP contribution in [0.1, 0.15) is 19.8 Å². The van der Waals surface area contributed by atoms with E-state index in [0.29, 0.717) is 6.42 Å². The van der Waals surface area contributed by atoms with Gasteiger partial charge in [-0.2, -0.15) is 9.57 Å². The van der Waals surface area contributed by atoms with Gasteiger partial charge < -0.3 is 4.74 Å². The largest absolute Gasteiger partial charge is 0.573 e. The van der Waals surface area contributed by atoms with Gasteiger partial charge in [0.25, 0.3) is 0 Å². The molecule has 10 heteroatoms. The van der Waals surface area contributed by atoms with E-state index in [2.05, 4.69) is 20.7 Å². The van der Waals surface area contributed by atoms with E-state index in [1.54, 1.807) is 6.92 Å². The summed E-state index contributed by atoms with van der Waals surface area (Å²) in [5.74, 6) is -0.815. The summed E-state index contributed by atoms with van der Waals surface area (Å²) >= 11 is 2.98. The Morgan fingerprint density at radius 3 is 2.52 bits per heavy atom. The number of hydrogen-bond donors (Lipinski definition) is 0. The molecule has 0 bridgehead atoms. The third-order valence-electron chi connectivity index (χ3n) is 2.70. The molecule has 0 saturated heterocycles. The van der Waals surface area contributed by atoms with Gasteiger partial charge in [0.15, 0.2) is 5.75 Å². The second-order valence-corrected chi connectivity index (χ2v) is 7.27. The van der Waals surface area contributed by atoms with E-state index < -0.39 is 27.0 Å². The molecule has 1 aromatic carbocycles. The van der Waals surface area contributed by atoms with Crippen molar-refractivity contribution in [3.05, 3.63) is 22.7 Å². The minimum Gasteiger partial charge on any atom is -0.404 e. The summed E-state index contributed by atoms with van der Waals surface area (Å²) in [7, 11) is -4.22. The molecular formula is C13H14BrF3N2O3S. The van der Waals surface area contributed by atoms with E-state index in [1.165, 1.54) is 6.07 Å². The molecule has 0 heterocycles. The number of rotatable bonds is 7. The molecule has 0 saturated carbocycles. The molecule has 1 aromatic rings. The Kier molecular flexibility index (Phi) is 6.85. The smallest absolute Gasteiger partial charge is 0.404 e. The van der Waals surface area contributed by atoms with Crippen LogP contribution >= 0.6 is 15.9 Å². The van der Waals surface area contributed by atoms with Gasteiger partial charge in [-0.1, -0.05) is 22.9 Å². The first-order chi connectivity index (χ1) is 10.6. The molecule has 0 amide bonds. The number of alkyl halides is 3. The van der Waals surface area contributed by atoms with Gasteiger partial charge in [0, 0.05) is 24.0 Å². The number of ether oxygens (including phenoxy) is 1. The van der Waals surface area contributed by atoms with Crippen molar-refractivity contribution in [2.45, 2.75) is 31.0 Å². The van der Waals surface area contributed by atoms with Crippen molar-refractivity contribution in [2.24, 2.45) is 0 Å². The van der Waals surface area contributed by atoms with Gasteiger partial charge in [-0.3, -0.25) is 0 Å². The van der Waals surface area contributed by atoms with E-state index >= 15 is 0 Å². The number of benzene rings is 1. The van der Waals surface area contributed by atoms with E-state index in [9.17, 15) is 21.6 Å². The van der Waals surface area contributed by atoms with E-state index in [0.717, 1.165) is 16.4 Å². The van der Waals surface area contributed by atoms with Crippen molar-refractivity contribution in [3.63, 3.8) is 0 Å². The molecule has 5 nitrogen and oxygen atoms in total. The van der Waals surface area contributed by atoms with E-state index in [4.69, 9.17) is 5.26 Å². The fraction of sp³-hybridized carbons (Fsp3) is 0.462. The topological polar surface area (TPSA) is 70.4 Å². The normalized spacial score (nSPS) is 12.2. The van der Waals surface area contributed by atoms with Crippen LogP contribution in [-0.2, 0) is 10.0 Å². The van der Waals surface area contributed by atoms with Crippen molar-refractivity contribution in [3.8, 4) is 11.8 Å². The van der Waals surface area contributed by atoms with E-state index in [-0.39, 0.29) is 24.0 Å². The Morgan fingerprint density at radius 2 is 2.00 bits per heavy atom. The van der Waals surface area contributed by atoms with Crippen molar-refractivity contribution in [1.82, 2.24) is 4.31 Å². The molecule has 0 aromatic heterocycles. The quantitative estimate of drug-likeness (QED) is 0.682. The first kappa shape index (κ1) is 19.7. The third-order valence-corrected chi connectivity index (χ3v) is 5.13. The summed E-state index contributed by atoms with van der Waals surface area (Å²) in [5.41, 5.74) is 0. The number of sulfonamides is 1. The van der Waals surface area contributed by atoms with Crippen LogP contribution in [0.2, 0.25) is 0 Å². The Hall–Kier alpha value is -1.31. The molecule has 0 fully saturated rings. The lowest BCUT2D eigenvalue weighted by atomic mass is 10.3. The Bertz CT molecular complexity index is 687. The van der Waals surface area contributed by atoms with Gasteiger partial charge >= 0.3 is 6.36 Å². The molecule has 0 aliphatic heterocycles.